The largest absolute Gasteiger partial charge is 0.334 e. The lowest BCUT2D eigenvalue weighted by molar-refractivity contribution is 0.251. The molecule has 0 aliphatic carbocycles. The monoisotopic (exact) mass is 243 g/mol. The number of anilines is 1. The van der Waals surface area contributed by atoms with Gasteiger partial charge in [-0.2, -0.15) is 0 Å². The number of rotatable bonds is 3. The SMILES string of the molecule is O=C(NCc1ccccc1)Nc1ccc(=O)[nH]c1. The van der Waals surface area contributed by atoms with E-state index in [0.29, 0.717) is 12.2 Å². The molecule has 5 nitrogen and oxygen atoms in total. The Morgan fingerprint density at radius 3 is 2.56 bits per heavy atom. The van der Waals surface area contributed by atoms with Crippen molar-refractivity contribution >= 4 is 11.7 Å². The molecule has 0 spiro atoms. The topological polar surface area (TPSA) is 74.0 Å². The van der Waals surface area contributed by atoms with Crippen molar-refractivity contribution in [3.8, 4) is 0 Å². The average molecular weight is 243 g/mol. The summed E-state index contributed by atoms with van der Waals surface area (Å²) in [7, 11) is 0. The van der Waals surface area contributed by atoms with Gasteiger partial charge in [0.15, 0.2) is 0 Å². The predicted octanol–water partition coefficient (Wildman–Crippen LogP) is 1.70. The molecule has 1 heterocycles. The fourth-order valence-corrected chi connectivity index (χ4v) is 1.44. The fourth-order valence-electron chi connectivity index (χ4n) is 1.44. The number of nitrogens with one attached hydrogen (secondary N) is 3. The molecule has 0 aliphatic rings. The molecule has 2 amide bonds. The summed E-state index contributed by atoms with van der Waals surface area (Å²) in [4.78, 5) is 24.9. The van der Waals surface area contributed by atoms with Crippen molar-refractivity contribution in [1.29, 1.82) is 0 Å². The van der Waals surface area contributed by atoms with Crippen molar-refractivity contribution in [2.24, 2.45) is 0 Å². The van der Waals surface area contributed by atoms with Gasteiger partial charge in [0, 0.05) is 18.8 Å². The molecule has 2 rings (SSSR count). The van der Waals surface area contributed by atoms with Gasteiger partial charge in [-0.15, -0.1) is 0 Å². The highest BCUT2D eigenvalue weighted by molar-refractivity contribution is 5.88. The number of urea groups is 1. The van der Waals surface area contributed by atoms with E-state index in [1.807, 2.05) is 30.3 Å². The molecular formula is C13H13N3O2. The summed E-state index contributed by atoms with van der Waals surface area (Å²) in [6, 6.07) is 12.2. The Labute approximate surface area is 104 Å². The number of hydrogen-bond donors (Lipinski definition) is 3. The molecule has 0 atom stereocenters. The molecular weight excluding hydrogens is 230 g/mol. The third kappa shape index (κ3) is 3.48. The molecule has 0 unspecified atom stereocenters. The molecule has 0 aliphatic heterocycles. The summed E-state index contributed by atoms with van der Waals surface area (Å²) in [6.45, 7) is 0.454. The van der Waals surface area contributed by atoms with E-state index in [1.165, 1.54) is 12.3 Å². The molecule has 18 heavy (non-hydrogen) atoms. The predicted molar refractivity (Wildman–Crippen MR) is 69.4 cm³/mol. The summed E-state index contributed by atoms with van der Waals surface area (Å²) >= 11 is 0. The van der Waals surface area contributed by atoms with Crippen LogP contribution in [-0.4, -0.2) is 11.0 Å². The highest BCUT2D eigenvalue weighted by atomic mass is 16.2. The molecule has 0 radical (unpaired) electrons. The van der Waals surface area contributed by atoms with Crippen LogP contribution in [0.2, 0.25) is 0 Å². The van der Waals surface area contributed by atoms with Crippen LogP contribution in [-0.2, 0) is 6.54 Å². The molecule has 0 fully saturated rings. The number of aromatic amines is 1. The van der Waals surface area contributed by atoms with Crippen molar-refractivity contribution in [1.82, 2.24) is 10.3 Å². The summed E-state index contributed by atoms with van der Waals surface area (Å²) in [5.41, 5.74) is 1.36. The van der Waals surface area contributed by atoms with Gasteiger partial charge in [0.25, 0.3) is 0 Å². The zero-order valence-electron chi connectivity index (χ0n) is 9.64. The first kappa shape index (κ1) is 11.9. The number of hydrogen-bond acceptors (Lipinski definition) is 2. The quantitative estimate of drug-likeness (QED) is 0.767. The minimum atomic E-state index is -0.314. The number of carbonyl (C=O) groups is 1. The Morgan fingerprint density at radius 1 is 1.11 bits per heavy atom. The molecule has 3 N–H and O–H groups in total. The summed E-state index contributed by atoms with van der Waals surface area (Å²) in [6.07, 6.45) is 1.45. The van der Waals surface area contributed by atoms with Crippen LogP contribution in [0.5, 0.6) is 0 Å². The van der Waals surface area contributed by atoms with Gasteiger partial charge >= 0.3 is 6.03 Å². The summed E-state index contributed by atoms with van der Waals surface area (Å²) in [5.74, 6) is 0. The van der Waals surface area contributed by atoms with Gasteiger partial charge in [-0.05, 0) is 11.6 Å². The number of pyridine rings is 1. The maximum absolute atomic E-state index is 11.6. The standard InChI is InChI=1S/C13H13N3O2/c17-12-7-6-11(9-14-12)16-13(18)15-8-10-4-2-1-3-5-10/h1-7,9H,8H2,(H,14,17)(H2,15,16,18). The van der Waals surface area contributed by atoms with E-state index in [0.717, 1.165) is 5.56 Å². The van der Waals surface area contributed by atoms with Gasteiger partial charge in [0.2, 0.25) is 5.56 Å². The molecule has 1 aromatic carbocycles. The van der Waals surface area contributed by atoms with Gasteiger partial charge in [-0.1, -0.05) is 30.3 Å². The first-order valence-corrected chi connectivity index (χ1v) is 5.51. The third-order valence-electron chi connectivity index (χ3n) is 2.34. The summed E-state index contributed by atoms with van der Waals surface area (Å²) < 4.78 is 0. The van der Waals surface area contributed by atoms with Crippen molar-refractivity contribution in [3.05, 3.63) is 64.6 Å². The van der Waals surface area contributed by atoms with Gasteiger partial charge in [-0.25, -0.2) is 4.79 Å². The van der Waals surface area contributed by atoms with Gasteiger partial charge in [-0.3, -0.25) is 4.79 Å². The van der Waals surface area contributed by atoms with Crippen molar-refractivity contribution in [3.63, 3.8) is 0 Å². The van der Waals surface area contributed by atoms with Crippen LogP contribution < -0.4 is 16.2 Å². The van der Waals surface area contributed by atoms with E-state index in [1.54, 1.807) is 6.07 Å². The third-order valence-corrected chi connectivity index (χ3v) is 2.34. The maximum atomic E-state index is 11.6. The van der Waals surface area contributed by atoms with Crippen molar-refractivity contribution < 1.29 is 4.79 Å². The lowest BCUT2D eigenvalue weighted by atomic mass is 10.2. The van der Waals surface area contributed by atoms with Crippen molar-refractivity contribution in [2.75, 3.05) is 5.32 Å². The molecule has 1 aromatic heterocycles. The van der Waals surface area contributed by atoms with E-state index in [2.05, 4.69) is 15.6 Å². The molecule has 92 valence electrons. The second-order valence-corrected chi connectivity index (χ2v) is 3.73. The molecule has 5 heteroatoms. The second kappa shape index (κ2) is 5.67. The molecule has 0 saturated carbocycles. The van der Waals surface area contributed by atoms with Crippen LogP contribution in [0.3, 0.4) is 0 Å². The minimum absolute atomic E-state index is 0.203. The highest BCUT2D eigenvalue weighted by Crippen LogP contribution is 2.01. The molecule has 0 saturated heterocycles. The number of aromatic nitrogens is 1. The lowest BCUT2D eigenvalue weighted by Gasteiger charge is -2.07. The smallest absolute Gasteiger partial charge is 0.319 e. The summed E-state index contributed by atoms with van der Waals surface area (Å²) in [5, 5.41) is 5.34. The highest BCUT2D eigenvalue weighted by Gasteiger charge is 2.01. The van der Waals surface area contributed by atoms with Crippen LogP contribution in [0.4, 0.5) is 10.5 Å². The lowest BCUT2D eigenvalue weighted by Crippen LogP contribution is -2.28. The number of H-pyrrole nitrogens is 1. The first-order chi connectivity index (χ1) is 8.74. The fraction of sp³-hybridized carbons (Fsp3) is 0.0769. The van der Waals surface area contributed by atoms with Gasteiger partial charge < -0.3 is 15.6 Å². The zero-order valence-corrected chi connectivity index (χ0v) is 9.64. The van der Waals surface area contributed by atoms with Crippen molar-refractivity contribution in [2.45, 2.75) is 6.54 Å². The van der Waals surface area contributed by atoms with Crippen LogP contribution in [0, 0.1) is 0 Å². The van der Waals surface area contributed by atoms with Crippen LogP contribution >= 0.6 is 0 Å². The first-order valence-electron chi connectivity index (χ1n) is 5.51. The Kier molecular flexibility index (Phi) is 3.76. The van der Waals surface area contributed by atoms with E-state index < -0.39 is 0 Å². The minimum Gasteiger partial charge on any atom is -0.334 e. The molecule has 2 aromatic rings. The second-order valence-electron chi connectivity index (χ2n) is 3.73. The van der Waals surface area contributed by atoms with E-state index >= 15 is 0 Å². The molecule has 0 bridgehead atoms. The number of carbonyl (C=O) groups excluding carboxylic acids is 1. The van der Waals surface area contributed by atoms with Crippen LogP contribution in [0.25, 0.3) is 0 Å². The van der Waals surface area contributed by atoms with E-state index in [-0.39, 0.29) is 11.6 Å². The van der Waals surface area contributed by atoms with E-state index in [4.69, 9.17) is 0 Å². The van der Waals surface area contributed by atoms with Crippen LogP contribution in [0.15, 0.2) is 53.5 Å². The Bertz CT molecular complexity index is 558. The normalized spacial score (nSPS) is 9.78. The van der Waals surface area contributed by atoms with Gasteiger partial charge in [0.05, 0.1) is 5.69 Å². The maximum Gasteiger partial charge on any atom is 0.319 e. The Balaban J connectivity index is 1.86. The number of benzene rings is 1. The van der Waals surface area contributed by atoms with Gasteiger partial charge in [0.1, 0.15) is 0 Å². The average Bonchev–Trinajstić information content (AvgIpc) is 2.40. The Hall–Kier alpha value is -2.56. The zero-order chi connectivity index (χ0) is 12.8. The Morgan fingerprint density at radius 2 is 1.89 bits per heavy atom. The number of amides is 2. The van der Waals surface area contributed by atoms with E-state index in [9.17, 15) is 9.59 Å². The van der Waals surface area contributed by atoms with Crippen LogP contribution in [0.1, 0.15) is 5.56 Å².